The molecule has 1 heterocycles. The van der Waals surface area contributed by atoms with Crippen molar-refractivity contribution in [3.8, 4) is 5.75 Å². The van der Waals surface area contributed by atoms with Gasteiger partial charge in [-0.15, -0.1) is 0 Å². The van der Waals surface area contributed by atoms with E-state index in [-0.39, 0.29) is 17.2 Å². The van der Waals surface area contributed by atoms with Crippen LogP contribution in [0, 0.1) is 10.1 Å². The maximum Gasteiger partial charge on any atom is 0.275 e. The molecule has 0 aromatic heterocycles. The van der Waals surface area contributed by atoms with Crippen molar-refractivity contribution in [2.24, 2.45) is 0 Å². The van der Waals surface area contributed by atoms with Gasteiger partial charge in [0.25, 0.3) is 11.6 Å². The third-order valence-corrected chi connectivity index (χ3v) is 7.08. The van der Waals surface area contributed by atoms with Gasteiger partial charge in [0, 0.05) is 47.9 Å². The number of nitro groups is 1. The monoisotopic (exact) mass is 444 g/mol. The Bertz CT molecular complexity index is 971. The SMILES string of the molecule is CCCCN(CCCC)C(=O)c1cc([N+](=O)[O-])cc2c1Cc1cc(OC)ccc1[S+]2[O-]. The molecule has 31 heavy (non-hydrogen) atoms. The van der Waals surface area contributed by atoms with Crippen LogP contribution in [-0.4, -0.2) is 40.5 Å². The number of nitrogens with zero attached hydrogens (tertiary/aromatic N) is 2. The van der Waals surface area contributed by atoms with Crippen LogP contribution in [0.3, 0.4) is 0 Å². The van der Waals surface area contributed by atoms with Crippen molar-refractivity contribution in [1.29, 1.82) is 0 Å². The molecule has 166 valence electrons. The molecule has 0 aliphatic carbocycles. The molecule has 8 heteroatoms. The van der Waals surface area contributed by atoms with E-state index in [9.17, 15) is 19.5 Å². The molecular formula is C23H28N2O5S. The molecule has 0 saturated carbocycles. The molecule has 1 aliphatic heterocycles. The van der Waals surface area contributed by atoms with E-state index in [2.05, 4.69) is 13.8 Å². The molecule has 3 rings (SSSR count). The third-order valence-electron chi connectivity index (χ3n) is 5.52. The molecule has 0 fully saturated rings. The van der Waals surface area contributed by atoms with Crippen LogP contribution in [0.1, 0.15) is 61.0 Å². The Balaban J connectivity index is 2.10. The predicted molar refractivity (Wildman–Crippen MR) is 119 cm³/mol. The van der Waals surface area contributed by atoms with Crippen LogP contribution in [0.25, 0.3) is 0 Å². The fourth-order valence-corrected chi connectivity index (χ4v) is 5.20. The molecule has 0 spiro atoms. The summed E-state index contributed by atoms with van der Waals surface area (Å²) in [4.78, 5) is 27.3. The molecule has 7 nitrogen and oxygen atoms in total. The van der Waals surface area contributed by atoms with Crippen LogP contribution < -0.4 is 4.74 Å². The van der Waals surface area contributed by atoms with Gasteiger partial charge in [-0.05, 0) is 31.0 Å². The van der Waals surface area contributed by atoms with E-state index in [1.165, 1.54) is 12.1 Å². The fourth-order valence-electron chi connectivity index (χ4n) is 3.77. The quantitative estimate of drug-likeness (QED) is 0.317. The normalized spacial score (nSPS) is 14.5. The highest BCUT2D eigenvalue weighted by Crippen LogP contribution is 2.40. The number of benzene rings is 2. The lowest BCUT2D eigenvalue weighted by Gasteiger charge is -2.27. The molecule has 1 atom stereocenters. The lowest BCUT2D eigenvalue weighted by Crippen LogP contribution is -2.34. The van der Waals surface area contributed by atoms with E-state index in [0.29, 0.717) is 40.6 Å². The van der Waals surface area contributed by atoms with Gasteiger partial charge in [-0.25, -0.2) is 0 Å². The second kappa shape index (κ2) is 10.2. The largest absolute Gasteiger partial charge is 0.606 e. The fraction of sp³-hybridized carbons (Fsp3) is 0.435. The predicted octanol–water partition coefficient (Wildman–Crippen LogP) is 4.72. The highest BCUT2D eigenvalue weighted by atomic mass is 32.2. The summed E-state index contributed by atoms with van der Waals surface area (Å²) in [6, 6.07) is 7.95. The Hall–Kier alpha value is -2.58. The first-order valence-electron chi connectivity index (χ1n) is 10.6. The number of methoxy groups -OCH3 is 1. The van der Waals surface area contributed by atoms with Gasteiger partial charge >= 0.3 is 0 Å². The van der Waals surface area contributed by atoms with Crippen LogP contribution in [-0.2, 0) is 17.6 Å². The van der Waals surface area contributed by atoms with Crippen LogP contribution in [0.2, 0.25) is 0 Å². The number of hydrogen-bond donors (Lipinski definition) is 0. The minimum atomic E-state index is -1.61. The Morgan fingerprint density at radius 2 is 1.81 bits per heavy atom. The maximum absolute atomic E-state index is 13.5. The second-order valence-electron chi connectivity index (χ2n) is 7.65. The van der Waals surface area contributed by atoms with Crippen molar-refractivity contribution in [3.63, 3.8) is 0 Å². The van der Waals surface area contributed by atoms with Gasteiger partial charge in [0.05, 0.1) is 23.7 Å². The second-order valence-corrected chi connectivity index (χ2v) is 9.06. The summed E-state index contributed by atoms with van der Waals surface area (Å²) >= 11 is -1.61. The summed E-state index contributed by atoms with van der Waals surface area (Å²) in [6.07, 6.45) is 3.99. The molecule has 0 bridgehead atoms. The van der Waals surface area contributed by atoms with Gasteiger partial charge < -0.3 is 14.2 Å². The zero-order valence-electron chi connectivity index (χ0n) is 18.2. The van der Waals surface area contributed by atoms with Crippen molar-refractivity contribution >= 4 is 22.8 Å². The van der Waals surface area contributed by atoms with Crippen molar-refractivity contribution in [2.75, 3.05) is 20.2 Å². The Kier molecular flexibility index (Phi) is 7.56. The van der Waals surface area contributed by atoms with Crippen LogP contribution >= 0.6 is 0 Å². The van der Waals surface area contributed by atoms with E-state index >= 15 is 0 Å². The Labute approximate surface area is 185 Å². The summed E-state index contributed by atoms with van der Waals surface area (Å²) in [7, 11) is 1.56. The average molecular weight is 445 g/mol. The molecule has 0 saturated heterocycles. The van der Waals surface area contributed by atoms with Gasteiger partial charge in [-0.3, -0.25) is 14.9 Å². The van der Waals surface area contributed by atoms with Gasteiger partial charge in [-0.2, -0.15) is 0 Å². The zero-order chi connectivity index (χ0) is 22.5. The van der Waals surface area contributed by atoms with E-state index in [0.717, 1.165) is 31.2 Å². The minimum absolute atomic E-state index is 0.210. The number of carbonyl (C=O) groups is 1. The standard InChI is InChI=1S/C23H28N2O5S/c1-4-6-10-24(11-7-5-2)23(26)20-14-17(25(27)28)15-22-19(20)13-16-12-18(30-3)8-9-21(16)31(22)29/h8-9,12,14-15H,4-7,10-11,13H2,1-3H3. The summed E-state index contributed by atoms with van der Waals surface area (Å²) in [5.74, 6) is 0.409. The van der Waals surface area contributed by atoms with E-state index in [4.69, 9.17) is 4.74 Å². The van der Waals surface area contributed by atoms with Crippen LogP contribution in [0.4, 0.5) is 5.69 Å². The topological polar surface area (TPSA) is 95.7 Å². The number of hydrogen-bond acceptors (Lipinski definition) is 5. The first-order valence-corrected chi connectivity index (χ1v) is 11.8. The van der Waals surface area contributed by atoms with Gasteiger partial charge in [0.1, 0.15) is 5.75 Å². The smallest absolute Gasteiger partial charge is 0.275 e. The molecule has 0 radical (unpaired) electrons. The van der Waals surface area contributed by atoms with Gasteiger partial charge in [-0.1, -0.05) is 26.7 Å². The number of non-ortho nitro benzene ring substituents is 1. The number of fused-ring (bicyclic) bond motifs is 2. The van der Waals surface area contributed by atoms with Crippen LogP contribution in [0.15, 0.2) is 40.1 Å². The number of unbranched alkanes of at least 4 members (excludes halogenated alkanes) is 2. The minimum Gasteiger partial charge on any atom is -0.606 e. The summed E-state index contributed by atoms with van der Waals surface area (Å²) in [5, 5.41) is 11.6. The average Bonchev–Trinajstić information content (AvgIpc) is 2.78. The first-order chi connectivity index (χ1) is 14.9. The van der Waals surface area contributed by atoms with E-state index < -0.39 is 16.1 Å². The number of nitro benzene ring substituents is 1. The summed E-state index contributed by atoms with van der Waals surface area (Å²) < 4.78 is 18.6. The number of rotatable bonds is 9. The third kappa shape index (κ3) is 4.85. The molecular weight excluding hydrogens is 416 g/mol. The molecule has 2 aromatic carbocycles. The molecule has 1 aliphatic rings. The van der Waals surface area contributed by atoms with Crippen molar-refractivity contribution in [1.82, 2.24) is 4.90 Å². The van der Waals surface area contributed by atoms with Crippen molar-refractivity contribution < 1.29 is 19.0 Å². The van der Waals surface area contributed by atoms with Crippen molar-refractivity contribution in [2.45, 2.75) is 55.7 Å². The summed E-state index contributed by atoms with van der Waals surface area (Å²) in [5.41, 5.74) is 1.48. The zero-order valence-corrected chi connectivity index (χ0v) is 19.0. The Morgan fingerprint density at radius 3 is 2.39 bits per heavy atom. The lowest BCUT2D eigenvalue weighted by molar-refractivity contribution is -0.385. The number of amides is 1. The molecule has 1 amide bonds. The highest BCUT2D eigenvalue weighted by Gasteiger charge is 2.35. The van der Waals surface area contributed by atoms with E-state index in [1.807, 2.05) is 6.07 Å². The highest BCUT2D eigenvalue weighted by molar-refractivity contribution is 7.91. The summed E-state index contributed by atoms with van der Waals surface area (Å²) in [6.45, 7) is 5.32. The molecule has 2 aromatic rings. The number of carbonyl (C=O) groups excluding carboxylic acids is 1. The van der Waals surface area contributed by atoms with Gasteiger partial charge in [0.15, 0.2) is 9.79 Å². The van der Waals surface area contributed by atoms with Gasteiger partial charge in [0.2, 0.25) is 0 Å². The molecule has 0 N–H and O–H groups in total. The Morgan fingerprint density at radius 1 is 1.13 bits per heavy atom. The first kappa shape index (κ1) is 23.1. The molecule has 1 unspecified atom stereocenters. The van der Waals surface area contributed by atoms with Crippen molar-refractivity contribution in [3.05, 3.63) is 57.1 Å². The maximum atomic E-state index is 13.5. The number of ether oxygens (including phenoxy) is 1. The van der Waals surface area contributed by atoms with Crippen LogP contribution in [0.5, 0.6) is 5.75 Å². The van der Waals surface area contributed by atoms with E-state index in [1.54, 1.807) is 24.1 Å². The lowest BCUT2D eigenvalue weighted by atomic mass is 9.97.